The van der Waals surface area contributed by atoms with E-state index >= 15 is 0 Å². The average molecular weight is 282 g/mol. The molecule has 0 spiro atoms. The van der Waals surface area contributed by atoms with Crippen molar-refractivity contribution in [1.29, 1.82) is 0 Å². The van der Waals surface area contributed by atoms with E-state index in [4.69, 9.17) is 16.3 Å². The Morgan fingerprint density at radius 3 is 2.84 bits per heavy atom. The van der Waals surface area contributed by atoms with Crippen molar-refractivity contribution in [3.63, 3.8) is 0 Å². The molecular weight excluding hydrogens is 266 g/mol. The van der Waals surface area contributed by atoms with Crippen LogP contribution in [0.15, 0.2) is 18.2 Å². The lowest BCUT2D eigenvalue weighted by atomic mass is 9.77. The number of methoxy groups -OCH3 is 1. The van der Waals surface area contributed by atoms with Gasteiger partial charge in [0.15, 0.2) is 0 Å². The molecule has 1 aliphatic rings. The van der Waals surface area contributed by atoms with E-state index in [9.17, 15) is 9.59 Å². The van der Waals surface area contributed by atoms with E-state index in [1.807, 2.05) is 6.92 Å². The Balaban J connectivity index is 2.49. The molecule has 0 aromatic heterocycles. The highest BCUT2D eigenvalue weighted by atomic mass is 35.5. The molecule has 1 aromatic rings. The monoisotopic (exact) mass is 281 g/mol. The summed E-state index contributed by atoms with van der Waals surface area (Å²) in [6.07, 6.45) is 1.12. The second-order valence-corrected chi connectivity index (χ2v) is 5.27. The molecule has 2 rings (SSSR count). The highest BCUT2D eigenvalue weighted by molar-refractivity contribution is 6.30. The Bertz CT molecular complexity index is 529. The fraction of sp³-hybridized carbons (Fsp3) is 0.429. The Kier molecular flexibility index (Phi) is 3.80. The van der Waals surface area contributed by atoms with Gasteiger partial charge in [-0.1, -0.05) is 18.5 Å². The summed E-state index contributed by atoms with van der Waals surface area (Å²) in [5.74, 6) is -0.522. The van der Waals surface area contributed by atoms with Crippen molar-refractivity contribution in [2.75, 3.05) is 12.4 Å². The summed E-state index contributed by atoms with van der Waals surface area (Å²) in [6.45, 7) is 1.89. The molecule has 0 aliphatic carbocycles. The Hall–Kier alpha value is -1.55. The van der Waals surface area contributed by atoms with Gasteiger partial charge in [-0.3, -0.25) is 9.59 Å². The fourth-order valence-corrected chi connectivity index (χ4v) is 2.71. The van der Waals surface area contributed by atoms with Gasteiger partial charge in [0.2, 0.25) is 5.91 Å². The third kappa shape index (κ3) is 2.59. The molecule has 1 aliphatic heterocycles. The van der Waals surface area contributed by atoms with Crippen LogP contribution in [0, 0.1) is 5.41 Å². The molecule has 1 heterocycles. The molecule has 102 valence electrons. The molecular formula is C14H16ClNO3. The van der Waals surface area contributed by atoms with Crippen LogP contribution < -0.4 is 5.32 Å². The number of benzene rings is 1. The average Bonchev–Trinajstić information content (AvgIpc) is 2.53. The molecule has 0 bridgehead atoms. The van der Waals surface area contributed by atoms with Gasteiger partial charge in [0.25, 0.3) is 0 Å². The number of amides is 1. The van der Waals surface area contributed by atoms with Gasteiger partial charge in [0.1, 0.15) is 0 Å². The number of esters is 1. The molecule has 0 saturated carbocycles. The maximum Gasteiger partial charge on any atom is 0.312 e. The van der Waals surface area contributed by atoms with E-state index in [-0.39, 0.29) is 18.3 Å². The van der Waals surface area contributed by atoms with E-state index in [1.54, 1.807) is 18.2 Å². The minimum atomic E-state index is -0.811. The summed E-state index contributed by atoms with van der Waals surface area (Å²) in [6, 6.07) is 5.27. The number of rotatable bonds is 2. The summed E-state index contributed by atoms with van der Waals surface area (Å²) in [5, 5.41) is 3.40. The standard InChI is InChI=1S/C14H16ClNO3/c1-3-14(13(18)19-2)7-9-6-10(15)4-5-11(9)16-12(17)8-14/h4-6H,3,7-8H2,1-2H3,(H,16,17). The molecule has 19 heavy (non-hydrogen) atoms. The third-order valence-electron chi connectivity index (χ3n) is 3.66. The Labute approximate surface area is 117 Å². The van der Waals surface area contributed by atoms with Gasteiger partial charge in [-0.25, -0.2) is 0 Å². The molecule has 0 fully saturated rings. The van der Waals surface area contributed by atoms with Crippen LogP contribution in [0.3, 0.4) is 0 Å². The molecule has 1 amide bonds. The van der Waals surface area contributed by atoms with E-state index in [0.29, 0.717) is 23.6 Å². The number of fused-ring (bicyclic) bond motifs is 1. The van der Waals surface area contributed by atoms with Gasteiger partial charge >= 0.3 is 5.97 Å². The lowest BCUT2D eigenvalue weighted by molar-refractivity contribution is -0.155. The van der Waals surface area contributed by atoms with E-state index in [1.165, 1.54) is 7.11 Å². The quantitative estimate of drug-likeness (QED) is 0.848. The van der Waals surface area contributed by atoms with Crippen LogP contribution in [-0.4, -0.2) is 19.0 Å². The predicted octanol–water partition coefficient (Wildman–Crippen LogP) is 2.79. The fourth-order valence-electron chi connectivity index (χ4n) is 2.51. The molecule has 0 radical (unpaired) electrons. The van der Waals surface area contributed by atoms with Crippen molar-refractivity contribution < 1.29 is 14.3 Å². The van der Waals surface area contributed by atoms with Gasteiger partial charge in [-0.2, -0.15) is 0 Å². The predicted molar refractivity (Wildman–Crippen MR) is 73.1 cm³/mol. The highest BCUT2D eigenvalue weighted by Crippen LogP contribution is 2.38. The maximum atomic E-state index is 12.1. The third-order valence-corrected chi connectivity index (χ3v) is 3.90. The second-order valence-electron chi connectivity index (χ2n) is 4.83. The highest BCUT2D eigenvalue weighted by Gasteiger charge is 2.42. The van der Waals surface area contributed by atoms with Crippen molar-refractivity contribution in [2.45, 2.75) is 26.2 Å². The number of anilines is 1. The van der Waals surface area contributed by atoms with Crippen LogP contribution in [0.4, 0.5) is 5.69 Å². The second kappa shape index (κ2) is 5.21. The number of hydrogen-bond acceptors (Lipinski definition) is 3. The SMILES string of the molecule is CCC1(C(=O)OC)CC(=O)Nc2ccc(Cl)cc2C1. The number of nitrogens with one attached hydrogen (secondary N) is 1. The zero-order valence-electron chi connectivity index (χ0n) is 11.0. The lowest BCUT2D eigenvalue weighted by Gasteiger charge is -2.27. The minimum absolute atomic E-state index is 0.127. The maximum absolute atomic E-state index is 12.1. The molecule has 0 saturated heterocycles. The number of halogens is 1. The van der Waals surface area contributed by atoms with E-state index in [2.05, 4.69) is 5.32 Å². The largest absolute Gasteiger partial charge is 0.469 e. The van der Waals surface area contributed by atoms with E-state index < -0.39 is 5.41 Å². The first-order valence-corrected chi connectivity index (χ1v) is 6.55. The van der Waals surface area contributed by atoms with Gasteiger partial charge in [-0.05, 0) is 36.6 Å². The Morgan fingerprint density at radius 2 is 2.21 bits per heavy atom. The van der Waals surface area contributed by atoms with Gasteiger partial charge in [-0.15, -0.1) is 0 Å². The van der Waals surface area contributed by atoms with Crippen molar-refractivity contribution in [3.05, 3.63) is 28.8 Å². The summed E-state index contributed by atoms with van der Waals surface area (Å²) >= 11 is 5.99. The minimum Gasteiger partial charge on any atom is -0.469 e. The number of carbonyl (C=O) groups is 2. The molecule has 1 atom stereocenters. The van der Waals surface area contributed by atoms with Crippen LogP contribution in [0.5, 0.6) is 0 Å². The van der Waals surface area contributed by atoms with Gasteiger partial charge in [0.05, 0.1) is 12.5 Å². The molecule has 1 unspecified atom stereocenters. The lowest BCUT2D eigenvalue weighted by Crippen LogP contribution is -2.36. The zero-order chi connectivity index (χ0) is 14.0. The van der Waals surface area contributed by atoms with Crippen molar-refractivity contribution in [1.82, 2.24) is 0 Å². The van der Waals surface area contributed by atoms with Gasteiger partial charge in [0, 0.05) is 17.1 Å². The normalized spacial score (nSPS) is 22.2. The molecule has 5 heteroatoms. The number of hydrogen-bond donors (Lipinski definition) is 1. The molecule has 1 aromatic carbocycles. The summed E-state index contributed by atoms with van der Waals surface area (Å²) in [7, 11) is 1.35. The number of ether oxygens (including phenoxy) is 1. The van der Waals surface area contributed by atoms with Crippen LogP contribution >= 0.6 is 11.6 Å². The summed E-state index contributed by atoms with van der Waals surface area (Å²) < 4.78 is 4.88. The van der Waals surface area contributed by atoms with Crippen LogP contribution in [0.2, 0.25) is 5.02 Å². The smallest absolute Gasteiger partial charge is 0.312 e. The summed E-state index contributed by atoms with van der Waals surface area (Å²) in [4.78, 5) is 24.1. The first-order chi connectivity index (χ1) is 9.00. The van der Waals surface area contributed by atoms with Crippen molar-refractivity contribution in [2.24, 2.45) is 5.41 Å². The molecule has 4 nitrogen and oxygen atoms in total. The molecule has 1 N–H and O–H groups in total. The summed E-state index contributed by atoms with van der Waals surface area (Å²) in [5.41, 5.74) is 0.772. The van der Waals surface area contributed by atoms with Crippen LogP contribution in [-0.2, 0) is 20.7 Å². The number of carbonyl (C=O) groups excluding carboxylic acids is 2. The van der Waals surface area contributed by atoms with Gasteiger partial charge < -0.3 is 10.1 Å². The van der Waals surface area contributed by atoms with Crippen molar-refractivity contribution >= 4 is 29.2 Å². The van der Waals surface area contributed by atoms with Crippen LogP contribution in [0.25, 0.3) is 0 Å². The van der Waals surface area contributed by atoms with Crippen LogP contribution in [0.1, 0.15) is 25.3 Å². The zero-order valence-corrected chi connectivity index (χ0v) is 11.7. The Morgan fingerprint density at radius 1 is 1.47 bits per heavy atom. The topological polar surface area (TPSA) is 55.4 Å². The van der Waals surface area contributed by atoms with Crippen molar-refractivity contribution in [3.8, 4) is 0 Å². The first-order valence-electron chi connectivity index (χ1n) is 6.17. The first kappa shape index (κ1) is 13.9. The van der Waals surface area contributed by atoms with E-state index in [0.717, 1.165) is 5.56 Å².